The van der Waals surface area contributed by atoms with E-state index in [4.69, 9.17) is 0 Å². The molecule has 0 aliphatic rings. The molecule has 0 fully saturated rings. The van der Waals surface area contributed by atoms with Gasteiger partial charge >= 0.3 is 0 Å². The van der Waals surface area contributed by atoms with Crippen molar-refractivity contribution < 1.29 is 0 Å². The molecule has 0 aliphatic heterocycles. The predicted molar refractivity (Wildman–Crippen MR) is 75.2 cm³/mol. The fraction of sp³-hybridized carbons (Fsp3) is 0.200. The van der Waals surface area contributed by atoms with E-state index in [1.54, 1.807) is 0 Å². The lowest BCUT2D eigenvalue weighted by Gasteiger charge is -1.96. The van der Waals surface area contributed by atoms with Crippen LogP contribution in [0.3, 0.4) is 0 Å². The van der Waals surface area contributed by atoms with Crippen molar-refractivity contribution >= 4 is 27.5 Å². The van der Waals surface area contributed by atoms with E-state index in [0.29, 0.717) is 0 Å². The zero-order valence-corrected chi connectivity index (χ0v) is 10.6. The molecule has 0 saturated carbocycles. The van der Waals surface area contributed by atoms with E-state index in [1.165, 1.54) is 26.1 Å². The Bertz CT molecular complexity index is 544. The SMILES string of the molecule is C=Cc1c(C/C=C\C)sc2ccc(C)cc12. The topological polar surface area (TPSA) is 0 Å². The highest BCUT2D eigenvalue weighted by Crippen LogP contribution is 2.33. The van der Waals surface area contributed by atoms with Gasteiger partial charge in [0.15, 0.2) is 0 Å². The number of rotatable bonds is 3. The number of hydrogen-bond donors (Lipinski definition) is 0. The van der Waals surface area contributed by atoms with E-state index < -0.39 is 0 Å². The molecular weight excluding hydrogens is 212 g/mol. The molecule has 0 aliphatic carbocycles. The summed E-state index contributed by atoms with van der Waals surface area (Å²) in [6.45, 7) is 8.13. The quantitative estimate of drug-likeness (QED) is 0.650. The minimum atomic E-state index is 1.01. The average molecular weight is 228 g/mol. The van der Waals surface area contributed by atoms with Gasteiger partial charge < -0.3 is 0 Å². The van der Waals surface area contributed by atoms with E-state index in [9.17, 15) is 0 Å². The summed E-state index contributed by atoms with van der Waals surface area (Å²) in [6, 6.07) is 6.63. The monoisotopic (exact) mass is 228 g/mol. The Morgan fingerprint density at radius 2 is 2.19 bits per heavy atom. The number of benzene rings is 1. The van der Waals surface area contributed by atoms with Crippen molar-refractivity contribution in [3.05, 3.63) is 52.9 Å². The standard InChI is InChI=1S/C15H16S/c1-4-6-7-14-12(5-2)13-10-11(3)8-9-15(13)16-14/h4-6,8-10H,2,7H2,1,3H3/b6-4-. The Balaban J connectivity index is 2.61. The molecule has 2 aromatic rings. The van der Waals surface area contributed by atoms with Gasteiger partial charge in [-0.2, -0.15) is 0 Å². The van der Waals surface area contributed by atoms with Crippen LogP contribution in [0.25, 0.3) is 16.2 Å². The van der Waals surface area contributed by atoms with Crippen LogP contribution in [0.4, 0.5) is 0 Å². The van der Waals surface area contributed by atoms with Crippen molar-refractivity contribution in [2.45, 2.75) is 20.3 Å². The van der Waals surface area contributed by atoms with Crippen molar-refractivity contribution in [2.75, 3.05) is 0 Å². The maximum Gasteiger partial charge on any atom is 0.0352 e. The van der Waals surface area contributed by atoms with Crippen LogP contribution >= 0.6 is 11.3 Å². The van der Waals surface area contributed by atoms with Crippen LogP contribution in [-0.2, 0) is 6.42 Å². The van der Waals surface area contributed by atoms with Gasteiger partial charge in [0.2, 0.25) is 0 Å². The van der Waals surface area contributed by atoms with Gasteiger partial charge in [-0.15, -0.1) is 11.3 Å². The second-order valence-corrected chi connectivity index (χ2v) is 5.05. The Morgan fingerprint density at radius 1 is 1.38 bits per heavy atom. The molecule has 1 heteroatoms. The molecule has 0 bridgehead atoms. The fourth-order valence-corrected chi connectivity index (χ4v) is 3.04. The van der Waals surface area contributed by atoms with Crippen LogP contribution in [0.1, 0.15) is 22.9 Å². The number of fused-ring (bicyclic) bond motifs is 1. The number of allylic oxidation sites excluding steroid dienone is 2. The zero-order valence-electron chi connectivity index (χ0n) is 9.79. The molecule has 1 aromatic carbocycles. The summed E-state index contributed by atoms with van der Waals surface area (Å²) in [5.74, 6) is 0. The van der Waals surface area contributed by atoms with Gasteiger partial charge in [0.1, 0.15) is 0 Å². The molecule has 16 heavy (non-hydrogen) atoms. The smallest absolute Gasteiger partial charge is 0.0352 e. The highest BCUT2D eigenvalue weighted by Gasteiger charge is 2.08. The molecule has 0 atom stereocenters. The van der Waals surface area contributed by atoms with Crippen LogP contribution in [0.2, 0.25) is 0 Å². The molecule has 1 heterocycles. The molecule has 2 rings (SSSR count). The fourth-order valence-electron chi connectivity index (χ4n) is 1.88. The number of aryl methyl sites for hydroxylation is 1. The lowest BCUT2D eigenvalue weighted by atomic mass is 10.1. The highest BCUT2D eigenvalue weighted by atomic mass is 32.1. The molecule has 0 amide bonds. The summed E-state index contributed by atoms with van der Waals surface area (Å²) in [5.41, 5.74) is 2.62. The lowest BCUT2D eigenvalue weighted by Crippen LogP contribution is -1.79. The summed E-state index contributed by atoms with van der Waals surface area (Å²) < 4.78 is 1.36. The first-order valence-electron chi connectivity index (χ1n) is 5.52. The molecule has 0 radical (unpaired) electrons. The van der Waals surface area contributed by atoms with Gasteiger partial charge in [-0.1, -0.05) is 36.4 Å². The third kappa shape index (κ3) is 1.96. The lowest BCUT2D eigenvalue weighted by molar-refractivity contribution is 1.33. The summed E-state index contributed by atoms with van der Waals surface area (Å²) in [6.07, 6.45) is 7.29. The maximum atomic E-state index is 3.93. The van der Waals surface area contributed by atoms with E-state index >= 15 is 0 Å². The molecule has 0 N–H and O–H groups in total. The van der Waals surface area contributed by atoms with E-state index in [0.717, 1.165) is 6.42 Å². The summed E-state index contributed by atoms with van der Waals surface area (Å²) in [4.78, 5) is 1.41. The van der Waals surface area contributed by atoms with Crippen molar-refractivity contribution in [1.82, 2.24) is 0 Å². The van der Waals surface area contributed by atoms with E-state index in [1.807, 2.05) is 17.4 Å². The van der Waals surface area contributed by atoms with Crippen molar-refractivity contribution in [1.29, 1.82) is 0 Å². The molecule has 0 saturated heterocycles. The van der Waals surface area contributed by atoms with Gasteiger partial charge in [0.05, 0.1) is 0 Å². The summed E-state index contributed by atoms with van der Waals surface area (Å²) in [5, 5.41) is 1.35. The van der Waals surface area contributed by atoms with Crippen molar-refractivity contribution in [2.24, 2.45) is 0 Å². The first-order valence-corrected chi connectivity index (χ1v) is 6.33. The molecule has 0 spiro atoms. The van der Waals surface area contributed by atoms with E-state index in [-0.39, 0.29) is 0 Å². The van der Waals surface area contributed by atoms with Crippen LogP contribution < -0.4 is 0 Å². The molecule has 0 nitrogen and oxygen atoms in total. The first kappa shape index (κ1) is 11.2. The van der Waals surface area contributed by atoms with Crippen LogP contribution in [0, 0.1) is 6.92 Å². The minimum Gasteiger partial charge on any atom is -0.139 e. The maximum absolute atomic E-state index is 3.93. The van der Waals surface area contributed by atoms with Crippen molar-refractivity contribution in [3.8, 4) is 0 Å². The Labute approximate surface area is 101 Å². The minimum absolute atomic E-state index is 1.01. The Kier molecular flexibility index (Phi) is 3.25. The molecule has 0 unspecified atom stereocenters. The second kappa shape index (κ2) is 4.67. The number of thiophene rings is 1. The van der Waals surface area contributed by atoms with Crippen LogP contribution in [-0.4, -0.2) is 0 Å². The van der Waals surface area contributed by atoms with E-state index in [2.05, 4.69) is 50.8 Å². The Hall–Kier alpha value is -1.34. The molecule has 1 aromatic heterocycles. The van der Waals surface area contributed by atoms with Crippen molar-refractivity contribution in [3.63, 3.8) is 0 Å². The van der Waals surface area contributed by atoms with Gasteiger partial charge in [-0.3, -0.25) is 0 Å². The van der Waals surface area contributed by atoms with Crippen LogP contribution in [0.15, 0.2) is 36.9 Å². The highest BCUT2D eigenvalue weighted by molar-refractivity contribution is 7.19. The van der Waals surface area contributed by atoms with Gasteiger partial charge in [-0.05, 0) is 31.5 Å². The van der Waals surface area contributed by atoms with Gasteiger partial charge in [-0.25, -0.2) is 0 Å². The van der Waals surface area contributed by atoms with Crippen LogP contribution in [0.5, 0.6) is 0 Å². The largest absolute Gasteiger partial charge is 0.139 e. The normalized spacial score (nSPS) is 11.4. The third-order valence-corrected chi connectivity index (χ3v) is 3.91. The Morgan fingerprint density at radius 3 is 2.88 bits per heavy atom. The third-order valence-electron chi connectivity index (χ3n) is 2.70. The first-order chi connectivity index (χ1) is 7.76. The average Bonchev–Trinajstić information content (AvgIpc) is 2.63. The molecular formula is C15H16S. The molecule has 82 valence electrons. The predicted octanol–water partition coefficient (Wildman–Crippen LogP) is 4.97. The zero-order chi connectivity index (χ0) is 11.5. The second-order valence-electron chi connectivity index (χ2n) is 3.92. The van der Waals surface area contributed by atoms with Gasteiger partial charge in [0.25, 0.3) is 0 Å². The van der Waals surface area contributed by atoms with Gasteiger partial charge in [0, 0.05) is 21.4 Å². The number of hydrogen-bond acceptors (Lipinski definition) is 1. The summed E-state index contributed by atoms with van der Waals surface area (Å²) in [7, 11) is 0. The summed E-state index contributed by atoms with van der Waals surface area (Å²) >= 11 is 1.87.